The lowest BCUT2D eigenvalue weighted by atomic mass is 10.2. The lowest BCUT2D eigenvalue weighted by Crippen LogP contribution is -2.25. The van der Waals surface area contributed by atoms with Gasteiger partial charge in [-0.1, -0.05) is 29.8 Å². The van der Waals surface area contributed by atoms with Crippen molar-refractivity contribution in [1.82, 2.24) is 5.32 Å². The number of nitrogens with one attached hydrogen (secondary N) is 1. The number of halogens is 4. The van der Waals surface area contributed by atoms with E-state index < -0.39 is 6.36 Å². The van der Waals surface area contributed by atoms with Gasteiger partial charge in [-0.05, 0) is 30.3 Å². The number of rotatable bonds is 6. The van der Waals surface area contributed by atoms with Gasteiger partial charge in [0.25, 0.3) is 0 Å². The summed E-state index contributed by atoms with van der Waals surface area (Å²) in [7, 11) is 0. The first-order chi connectivity index (χ1) is 11.3. The highest BCUT2D eigenvalue weighted by atomic mass is 35.5. The minimum atomic E-state index is -4.77. The number of hydrogen-bond donors (Lipinski definition) is 1. The number of ether oxygens (including phenoxy) is 1. The molecular formula is C16H13ClF3NO2S. The van der Waals surface area contributed by atoms with Crippen LogP contribution in [-0.2, 0) is 11.3 Å². The first-order valence-electron chi connectivity index (χ1n) is 6.82. The Kier molecular flexibility index (Phi) is 6.39. The fourth-order valence-corrected chi connectivity index (χ4v) is 2.65. The Morgan fingerprint density at radius 1 is 1.12 bits per heavy atom. The zero-order valence-electron chi connectivity index (χ0n) is 12.3. The molecule has 3 nitrogen and oxygen atoms in total. The van der Waals surface area contributed by atoms with Gasteiger partial charge in [-0.2, -0.15) is 0 Å². The first kappa shape index (κ1) is 18.5. The highest BCUT2D eigenvalue weighted by Gasteiger charge is 2.31. The van der Waals surface area contributed by atoms with Crippen LogP contribution in [-0.4, -0.2) is 18.0 Å². The average Bonchev–Trinajstić information content (AvgIpc) is 2.52. The number of carbonyl (C=O) groups is 1. The molecule has 1 N–H and O–H groups in total. The van der Waals surface area contributed by atoms with Crippen molar-refractivity contribution in [3.05, 3.63) is 59.1 Å². The van der Waals surface area contributed by atoms with Crippen LogP contribution in [0.5, 0.6) is 5.75 Å². The van der Waals surface area contributed by atoms with Gasteiger partial charge in [0.2, 0.25) is 5.91 Å². The summed E-state index contributed by atoms with van der Waals surface area (Å²) in [4.78, 5) is 12.7. The second kappa shape index (κ2) is 8.30. The van der Waals surface area contributed by atoms with Gasteiger partial charge < -0.3 is 10.1 Å². The van der Waals surface area contributed by atoms with Crippen molar-refractivity contribution >= 4 is 29.3 Å². The molecule has 8 heteroatoms. The SMILES string of the molecule is O=C(CSc1ccc(Cl)cc1)NCc1ccccc1OC(F)(F)F. The Labute approximate surface area is 146 Å². The van der Waals surface area contributed by atoms with Crippen LogP contribution in [0.4, 0.5) is 13.2 Å². The number of alkyl halides is 3. The molecule has 2 rings (SSSR count). The molecule has 24 heavy (non-hydrogen) atoms. The summed E-state index contributed by atoms with van der Waals surface area (Å²) in [6.07, 6.45) is -4.77. The summed E-state index contributed by atoms with van der Waals surface area (Å²) in [6, 6.07) is 12.7. The van der Waals surface area contributed by atoms with Crippen LogP contribution in [0.2, 0.25) is 5.02 Å². The van der Waals surface area contributed by atoms with Crippen LogP contribution in [0.1, 0.15) is 5.56 Å². The predicted octanol–water partition coefficient (Wildman–Crippen LogP) is 4.65. The third-order valence-electron chi connectivity index (χ3n) is 2.86. The summed E-state index contributed by atoms with van der Waals surface area (Å²) in [5, 5.41) is 3.18. The van der Waals surface area contributed by atoms with Gasteiger partial charge in [-0.25, -0.2) is 0 Å². The van der Waals surface area contributed by atoms with E-state index in [0.29, 0.717) is 5.02 Å². The lowest BCUT2D eigenvalue weighted by molar-refractivity contribution is -0.274. The molecule has 0 radical (unpaired) electrons. The Hall–Kier alpha value is -1.86. The smallest absolute Gasteiger partial charge is 0.405 e. The van der Waals surface area contributed by atoms with Crippen LogP contribution in [0.3, 0.4) is 0 Å². The van der Waals surface area contributed by atoms with Crippen LogP contribution >= 0.6 is 23.4 Å². The van der Waals surface area contributed by atoms with E-state index in [1.165, 1.54) is 30.0 Å². The standard InChI is InChI=1S/C16H13ClF3NO2S/c17-12-5-7-13(8-6-12)24-10-15(22)21-9-11-3-1-2-4-14(11)23-16(18,19)20/h1-8H,9-10H2,(H,21,22). The van der Waals surface area contributed by atoms with E-state index in [0.717, 1.165) is 4.90 Å². The first-order valence-corrected chi connectivity index (χ1v) is 8.18. The summed E-state index contributed by atoms with van der Waals surface area (Å²) in [5.74, 6) is -0.475. The average molecular weight is 376 g/mol. The topological polar surface area (TPSA) is 38.3 Å². The second-order valence-electron chi connectivity index (χ2n) is 4.67. The van der Waals surface area contributed by atoms with E-state index in [-0.39, 0.29) is 29.5 Å². The molecule has 2 aromatic carbocycles. The summed E-state index contributed by atoms with van der Waals surface area (Å²) in [5.41, 5.74) is 0.250. The van der Waals surface area contributed by atoms with E-state index >= 15 is 0 Å². The Morgan fingerprint density at radius 2 is 1.79 bits per heavy atom. The molecule has 0 unspecified atom stereocenters. The number of para-hydroxylation sites is 1. The number of hydrogen-bond acceptors (Lipinski definition) is 3. The van der Waals surface area contributed by atoms with Crippen LogP contribution in [0.25, 0.3) is 0 Å². The number of thioether (sulfide) groups is 1. The molecule has 0 bridgehead atoms. The van der Waals surface area contributed by atoms with E-state index in [9.17, 15) is 18.0 Å². The maximum atomic E-state index is 12.3. The predicted molar refractivity (Wildman–Crippen MR) is 87.1 cm³/mol. The van der Waals surface area contributed by atoms with Crippen LogP contribution in [0, 0.1) is 0 Å². The summed E-state index contributed by atoms with van der Waals surface area (Å²) in [6.45, 7) is -0.0493. The summed E-state index contributed by atoms with van der Waals surface area (Å²) >= 11 is 7.08. The Morgan fingerprint density at radius 3 is 2.46 bits per heavy atom. The number of amides is 1. The quantitative estimate of drug-likeness (QED) is 0.747. The van der Waals surface area contributed by atoms with E-state index in [1.54, 1.807) is 30.3 Å². The minimum absolute atomic E-state index is 0.0493. The largest absolute Gasteiger partial charge is 0.573 e. The molecule has 128 valence electrons. The van der Waals surface area contributed by atoms with Crippen molar-refractivity contribution < 1.29 is 22.7 Å². The molecule has 1 amide bonds. The molecule has 0 spiro atoms. The van der Waals surface area contributed by atoms with Gasteiger partial charge in [-0.3, -0.25) is 4.79 Å². The van der Waals surface area contributed by atoms with E-state index in [4.69, 9.17) is 11.6 Å². The summed E-state index contributed by atoms with van der Waals surface area (Å²) < 4.78 is 40.9. The van der Waals surface area contributed by atoms with Crippen molar-refractivity contribution in [2.75, 3.05) is 5.75 Å². The van der Waals surface area contributed by atoms with Gasteiger partial charge in [0.15, 0.2) is 0 Å². The van der Waals surface area contributed by atoms with Crippen molar-refractivity contribution in [3.63, 3.8) is 0 Å². The fourth-order valence-electron chi connectivity index (χ4n) is 1.80. The van der Waals surface area contributed by atoms with Crippen LogP contribution in [0.15, 0.2) is 53.4 Å². The molecule has 0 heterocycles. The molecule has 0 aromatic heterocycles. The molecule has 0 aliphatic heterocycles. The van der Waals surface area contributed by atoms with Crippen LogP contribution < -0.4 is 10.1 Å². The van der Waals surface area contributed by atoms with E-state index in [2.05, 4.69) is 10.1 Å². The van der Waals surface area contributed by atoms with Gasteiger partial charge in [0, 0.05) is 22.0 Å². The monoisotopic (exact) mass is 375 g/mol. The van der Waals surface area contributed by atoms with Gasteiger partial charge >= 0.3 is 6.36 Å². The maximum Gasteiger partial charge on any atom is 0.573 e. The number of benzene rings is 2. The molecule has 2 aromatic rings. The lowest BCUT2D eigenvalue weighted by Gasteiger charge is -2.13. The maximum absolute atomic E-state index is 12.3. The molecule has 0 atom stereocenters. The van der Waals surface area contributed by atoms with Crippen molar-refractivity contribution in [2.45, 2.75) is 17.8 Å². The van der Waals surface area contributed by atoms with E-state index in [1.807, 2.05) is 0 Å². The van der Waals surface area contributed by atoms with Crippen molar-refractivity contribution in [1.29, 1.82) is 0 Å². The molecular weight excluding hydrogens is 363 g/mol. The normalized spacial score (nSPS) is 11.2. The van der Waals surface area contributed by atoms with Crippen molar-refractivity contribution in [3.8, 4) is 5.75 Å². The molecule has 0 saturated heterocycles. The van der Waals surface area contributed by atoms with Gasteiger partial charge in [0.1, 0.15) is 5.75 Å². The highest BCUT2D eigenvalue weighted by molar-refractivity contribution is 8.00. The number of carbonyl (C=O) groups excluding carboxylic acids is 1. The Balaban J connectivity index is 1.86. The van der Waals surface area contributed by atoms with Gasteiger partial charge in [0.05, 0.1) is 5.75 Å². The third-order valence-corrected chi connectivity index (χ3v) is 4.12. The van der Waals surface area contributed by atoms with Crippen molar-refractivity contribution in [2.24, 2.45) is 0 Å². The van der Waals surface area contributed by atoms with Gasteiger partial charge in [-0.15, -0.1) is 24.9 Å². The highest BCUT2D eigenvalue weighted by Crippen LogP contribution is 2.26. The molecule has 0 aliphatic carbocycles. The molecule has 0 saturated carbocycles. The fraction of sp³-hybridized carbons (Fsp3) is 0.188. The zero-order valence-corrected chi connectivity index (χ0v) is 13.8. The minimum Gasteiger partial charge on any atom is -0.405 e. The Bertz CT molecular complexity index is 692. The third kappa shape index (κ3) is 6.33. The molecule has 0 aliphatic rings. The second-order valence-corrected chi connectivity index (χ2v) is 6.16. The zero-order chi connectivity index (χ0) is 17.6. The molecule has 0 fully saturated rings.